The van der Waals surface area contributed by atoms with Crippen LogP contribution in [0.2, 0.25) is 0 Å². The standard InChI is InChI=1S/C19H16N2O2/c1-23-17-11-9-15(10-12-17)19(22)21-20-13-16-7-4-6-14-5-2-3-8-18(14)16/h2-13H,1H3,(H,21,22)/b20-13-. The van der Waals surface area contributed by atoms with Gasteiger partial charge in [-0.3, -0.25) is 4.79 Å². The number of amides is 1. The summed E-state index contributed by atoms with van der Waals surface area (Å²) in [4.78, 5) is 12.0. The number of rotatable bonds is 4. The minimum atomic E-state index is -0.260. The van der Waals surface area contributed by atoms with Crippen LogP contribution in [0.3, 0.4) is 0 Å². The molecule has 0 saturated heterocycles. The molecule has 1 N–H and O–H groups in total. The van der Waals surface area contributed by atoms with Crippen LogP contribution in [0.15, 0.2) is 71.8 Å². The van der Waals surface area contributed by atoms with Crippen LogP contribution in [0.5, 0.6) is 5.75 Å². The second-order valence-corrected chi connectivity index (χ2v) is 5.00. The first-order valence-corrected chi connectivity index (χ1v) is 7.23. The molecule has 0 atom stereocenters. The Morgan fingerprint density at radius 2 is 1.74 bits per heavy atom. The molecular formula is C19H16N2O2. The summed E-state index contributed by atoms with van der Waals surface area (Å²) in [6, 6.07) is 20.9. The molecule has 0 unspecified atom stereocenters. The Balaban J connectivity index is 1.73. The van der Waals surface area contributed by atoms with Gasteiger partial charge in [-0.1, -0.05) is 42.5 Å². The topological polar surface area (TPSA) is 50.7 Å². The lowest BCUT2D eigenvalue weighted by atomic mass is 10.1. The maximum absolute atomic E-state index is 12.0. The van der Waals surface area contributed by atoms with Gasteiger partial charge in [-0.25, -0.2) is 5.43 Å². The molecule has 0 aliphatic rings. The molecule has 3 aromatic carbocycles. The van der Waals surface area contributed by atoms with Crippen LogP contribution in [-0.2, 0) is 0 Å². The number of nitrogens with one attached hydrogen (secondary N) is 1. The molecule has 3 rings (SSSR count). The van der Waals surface area contributed by atoms with Crippen molar-refractivity contribution in [3.05, 3.63) is 77.9 Å². The Morgan fingerprint density at radius 3 is 2.52 bits per heavy atom. The molecule has 23 heavy (non-hydrogen) atoms. The fourth-order valence-electron chi connectivity index (χ4n) is 2.33. The number of fused-ring (bicyclic) bond motifs is 1. The maximum Gasteiger partial charge on any atom is 0.271 e. The molecule has 0 aliphatic heterocycles. The maximum atomic E-state index is 12.0. The van der Waals surface area contributed by atoms with E-state index < -0.39 is 0 Å². The van der Waals surface area contributed by atoms with Gasteiger partial charge in [-0.05, 0) is 35.0 Å². The first-order valence-electron chi connectivity index (χ1n) is 7.23. The molecule has 4 nitrogen and oxygen atoms in total. The molecule has 0 radical (unpaired) electrons. The smallest absolute Gasteiger partial charge is 0.271 e. The number of hydrogen-bond donors (Lipinski definition) is 1. The van der Waals surface area contributed by atoms with Gasteiger partial charge in [0.1, 0.15) is 5.75 Å². The van der Waals surface area contributed by atoms with E-state index in [1.165, 1.54) is 0 Å². The fraction of sp³-hybridized carbons (Fsp3) is 0.0526. The lowest BCUT2D eigenvalue weighted by molar-refractivity contribution is 0.0955. The molecule has 4 heteroatoms. The van der Waals surface area contributed by atoms with Crippen molar-refractivity contribution < 1.29 is 9.53 Å². The van der Waals surface area contributed by atoms with Crippen molar-refractivity contribution in [2.24, 2.45) is 5.10 Å². The lowest BCUT2D eigenvalue weighted by Gasteiger charge is -2.03. The molecule has 0 aliphatic carbocycles. The van der Waals surface area contributed by atoms with E-state index in [1.807, 2.05) is 42.5 Å². The number of hydrazone groups is 1. The zero-order chi connectivity index (χ0) is 16.1. The third-order valence-electron chi connectivity index (χ3n) is 3.55. The van der Waals surface area contributed by atoms with E-state index in [0.29, 0.717) is 11.3 Å². The summed E-state index contributed by atoms with van der Waals surface area (Å²) in [7, 11) is 1.59. The monoisotopic (exact) mass is 304 g/mol. The van der Waals surface area contributed by atoms with E-state index >= 15 is 0 Å². The fourth-order valence-corrected chi connectivity index (χ4v) is 2.33. The minimum absolute atomic E-state index is 0.260. The molecule has 3 aromatic rings. The van der Waals surface area contributed by atoms with E-state index in [2.05, 4.69) is 10.5 Å². The zero-order valence-corrected chi connectivity index (χ0v) is 12.7. The second kappa shape index (κ2) is 6.75. The Bertz CT molecular complexity index is 849. The third-order valence-corrected chi connectivity index (χ3v) is 3.55. The lowest BCUT2D eigenvalue weighted by Crippen LogP contribution is -2.17. The molecule has 0 fully saturated rings. The summed E-state index contributed by atoms with van der Waals surface area (Å²) in [5, 5.41) is 6.29. The summed E-state index contributed by atoms with van der Waals surface area (Å²) in [6.45, 7) is 0. The van der Waals surface area contributed by atoms with Gasteiger partial charge in [0.05, 0.1) is 13.3 Å². The first-order chi connectivity index (χ1) is 11.3. The van der Waals surface area contributed by atoms with Crippen molar-refractivity contribution in [3.63, 3.8) is 0 Å². The van der Waals surface area contributed by atoms with E-state index in [-0.39, 0.29) is 5.91 Å². The number of carbonyl (C=O) groups excluding carboxylic acids is 1. The van der Waals surface area contributed by atoms with Gasteiger partial charge in [0, 0.05) is 11.1 Å². The summed E-state index contributed by atoms with van der Waals surface area (Å²) in [6.07, 6.45) is 1.66. The Kier molecular flexibility index (Phi) is 4.34. The van der Waals surface area contributed by atoms with Crippen molar-refractivity contribution in [3.8, 4) is 5.75 Å². The molecule has 0 saturated carbocycles. The number of ether oxygens (including phenoxy) is 1. The van der Waals surface area contributed by atoms with Gasteiger partial charge in [0.15, 0.2) is 0 Å². The van der Waals surface area contributed by atoms with E-state index in [4.69, 9.17) is 4.74 Å². The Morgan fingerprint density at radius 1 is 1.00 bits per heavy atom. The highest BCUT2D eigenvalue weighted by Crippen LogP contribution is 2.16. The normalized spacial score (nSPS) is 10.8. The van der Waals surface area contributed by atoms with Gasteiger partial charge in [-0.2, -0.15) is 5.10 Å². The van der Waals surface area contributed by atoms with E-state index in [0.717, 1.165) is 16.3 Å². The van der Waals surface area contributed by atoms with Crippen LogP contribution in [0.25, 0.3) is 10.8 Å². The van der Waals surface area contributed by atoms with Gasteiger partial charge in [-0.15, -0.1) is 0 Å². The highest BCUT2D eigenvalue weighted by Gasteiger charge is 2.04. The first kappa shape index (κ1) is 14.8. The summed E-state index contributed by atoms with van der Waals surface area (Å²) < 4.78 is 5.07. The SMILES string of the molecule is COc1ccc(C(=O)N/N=C\c2cccc3ccccc23)cc1. The number of benzene rings is 3. The Hall–Kier alpha value is -3.14. The highest BCUT2D eigenvalue weighted by molar-refractivity contribution is 6.00. The summed E-state index contributed by atoms with van der Waals surface area (Å²) in [5.74, 6) is 0.449. The van der Waals surface area contributed by atoms with E-state index in [9.17, 15) is 4.79 Å². The Labute approximate surface area is 134 Å². The van der Waals surface area contributed by atoms with Gasteiger partial charge in [0.2, 0.25) is 0 Å². The molecule has 0 aromatic heterocycles. The largest absolute Gasteiger partial charge is 0.497 e. The molecule has 0 spiro atoms. The zero-order valence-electron chi connectivity index (χ0n) is 12.7. The summed E-state index contributed by atoms with van der Waals surface area (Å²) in [5.41, 5.74) is 4.02. The average molecular weight is 304 g/mol. The number of carbonyl (C=O) groups is 1. The second-order valence-electron chi connectivity index (χ2n) is 5.00. The number of nitrogens with zero attached hydrogens (tertiary/aromatic N) is 1. The number of hydrogen-bond acceptors (Lipinski definition) is 3. The van der Waals surface area contributed by atoms with Crippen LogP contribution in [0.4, 0.5) is 0 Å². The third kappa shape index (κ3) is 3.37. The van der Waals surface area contributed by atoms with Gasteiger partial charge >= 0.3 is 0 Å². The molecule has 114 valence electrons. The van der Waals surface area contributed by atoms with Crippen LogP contribution < -0.4 is 10.2 Å². The van der Waals surface area contributed by atoms with Crippen LogP contribution >= 0.6 is 0 Å². The van der Waals surface area contributed by atoms with Crippen LogP contribution in [0, 0.1) is 0 Å². The van der Waals surface area contributed by atoms with Gasteiger partial charge < -0.3 is 4.74 Å². The molecular weight excluding hydrogens is 288 g/mol. The van der Waals surface area contributed by atoms with Gasteiger partial charge in [0.25, 0.3) is 5.91 Å². The van der Waals surface area contributed by atoms with E-state index in [1.54, 1.807) is 37.6 Å². The highest BCUT2D eigenvalue weighted by atomic mass is 16.5. The van der Waals surface area contributed by atoms with Crippen LogP contribution in [0.1, 0.15) is 15.9 Å². The van der Waals surface area contributed by atoms with Crippen molar-refractivity contribution in [2.45, 2.75) is 0 Å². The van der Waals surface area contributed by atoms with Crippen molar-refractivity contribution in [1.82, 2.24) is 5.43 Å². The molecule has 0 heterocycles. The van der Waals surface area contributed by atoms with Crippen molar-refractivity contribution in [2.75, 3.05) is 7.11 Å². The molecule has 1 amide bonds. The van der Waals surface area contributed by atoms with Crippen LogP contribution in [-0.4, -0.2) is 19.2 Å². The average Bonchev–Trinajstić information content (AvgIpc) is 2.62. The predicted molar refractivity (Wildman–Crippen MR) is 92.0 cm³/mol. The minimum Gasteiger partial charge on any atom is -0.497 e. The van der Waals surface area contributed by atoms with Crippen molar-refractivity contribution >= 4 is 22.9 Å². The predicted octanol–water partition coefficient (Wildman–Crippen LogP) is 3.61. The number of methoxy groups -OCH3 is 1. The van der Waals surface area contributed by atoms with Crippen molar-refractivity contribution in [1.29, 1.82) is 0 Å². The quantitative estimate of drug-likeness (QED) is 0.591. The summed E-state index contributed by atoms with van der Waals surface area (Å²) >= 11 is 0. The molecule has 0 bridgehead atoms.